The van der Waals surface area contributed by atoms with Crippen molar-refractivity contribution < 1.29 is 24.2 Å². The number of amides is 1. The number of morpholine rings is 1. The second-order valence-electron chi connectivity index (χ2n) is 4.46. The number of carboxylic acids is 1. The van der Waals surface area contributed by atoms with Crippen LogP contribution in [0.15, 0.2) is 24.3 Å². The lowest BCUT2D eigenvalue weighted by Crippen LogP contribution is -2.49. The molecule has 1 saturated heterocycles. The highest BCUT2D eigenvalue weighted by atomic mass is 16.5. The number of hydrogen-bond donors (Lipinski definition) is 1. The Labute approximate surface area is 121 Å². The van der Waals surface area contributed by atoms with Crippen LogP contribution in [0.25, 0.3) is 0 Å². The molecule has 0 unspecified atom stereocenters. The fourth-order valence-electron chi connectivity index (χ4n) is 1.89. The standard InChI is InChI=1S/C14H14N2O5/c15-7-10-1-3-11(4-2-10)21-9-13(17)16-5-6-20-12(8-16)14(18)19/h1-4,12H,5-6,8-9H2,(H,18,19)/t12-/m1/s1. The van der Waals surface area contributed by atoms with Crippen molar-refractivity contribution in [1.82, 2.24) is 4.90 Å². The number of carboxylic acid groups (broad SMARTS) is 1. The third-order valence-electron chi connectivity index (χ3n) is 3.04. The molecule has 1 aliphatic rings. The summed E-state index contributed by atoms with van der Waals surface area (Å²) < 4.78 is 10.4. The van der Waals surface area contributed by atoms with Crippen molar-refractivity contribution in [3.05, 3.63) is 29.8 Å². The quantitative estimate of drug-likeness (QED) is 0.853. The van der Waals surface area contributed by atoms with E-state index in [4.69, 9.17) is 19.8 Å². The second-order valence-corrected chi connectivity index (χ2v) is 4.46. The Hall–Kier alpha value is -2.59. The fourth-order valence-corrected chi connectivity index (χ4v) is 1.89. The van der Waals surface area contributed by atoms with Crippen LogP contribution in [0.1, 0.15) is 5.56 Å². The highest BCUT2D eigenvalue weighted by molar-refractivity contribution is 5.79. The van der Waals surface area contributed by atoms with Crippen molar-refractivity contribution in [3.63, 3.8) is 0 Å². The number of benzene rings is 1. The Morgan fingerprint density at radius 3 is 2.76 bits per heavy atom. The molecule has 0 spiro atoms. The summed E-state index contributed by atoms with van der Waals surface area (Å²) in [5.41, 5.74) is 0.506. The van der Waals surface area contributed by atoms with Gasteiger partial charge in [-0.25, -0.2) is 4.79 Å². The minimum atomic E-state index is -1.08. The summed E-state index contributed by atoms with van der Waals surface area (Å²) in [7, 11) is 0. The van der Waals surface area contributed by atoms with Gasteiger partial charge in [-0.05, 0) is 24.3 Å². The Bertz CT molecular complexity index is 564. The summed E-state index contributed by atoms with van der Waals surface area (Å²) in [5, 5.41) is 17.5. The lowest BCUT2D eigenvalue weighted by Gasteiger charge is -2.30. The molecule has 1 amide bonds. The van der Waals surface area contributed by atoms with Crippen LogP contribution in [0.5, 0.6) is 5.75 Å². The smallest absolute Gasteiger partial charge is 0.334 e. The highest BCUT2D eigenvalue weighted by Gasteiger charge is 2.28. The molecule has 0 aromatic heterocycles. The van der Waals surface area contributed by atoms with E-state index in [0.29, 0.717) is 17.9 Å². The number of nitriles is 1. The molecule has 2 rings (SSSR count). The first-order chi connectivity index (χ1) is 10.1. The molecule has 1 heterocycles. The van der Waals surface area contributed by atoms with Gasteiger partial charge >= 0.3 is 5.97 Å². The van der Waals surface area contributed by atoms with E-state index in [1.165, 1.54) is 4.90 Å². The highest BCUT2D eigenvalue weighted by Crippen LogP contribution is 2.12. The first kappa shape index (κ1) is 14.8. The van der Waals surface area contributed by atoms with Gasteiger partial charge in [-0.2, -0.15) is 5.26 Å². The van der Waals surface area contributed by atoms with Crippen LogP contribution in [0.4, 0.5) is 0 Å². The van der Waals surface area contributed by atoms with Gasteiger partial charge in [0.25, 0.3) is 5.91 Å². The van der Waals surface area contributed by atoms with E-state index in [1.807, 2.05) is 6.07 Å². The molecule has 1 aliphatic heterocycles. The third kappa shape index (κ3) is 3.94. The number of ether oxygens (including phenoxy) is 2. The van der Waals surface area contributed by atoms with Crippen LogP contribution in [0.3, 0.4) is 0 Å². The van der Waals surface area contributed by atoms with Crippen LogP contribution in [0, 0.1) is 11.3 Å². The SMILES string of the molecule is N#Cc1ccc(OCC(=O)N2CCO[C@@H](C(=O)O)C2)cc1. The van der Waals surface area contributed by atoms with Gasteiger partial charge in [-0.1, -0.05) is 0 Å². The zero-order valence-corrected chi connectivity index (χ0v) is 11.2. The molecule has 0 bridgehead atoms. The van der Waals surface area contributed by atoms with E-state index in [1.54, 1.807) is 24.3 Å². The summed E-state index contributed by atoms with van der Waals surface area (Å²) in [5.74, 6) is -0.903. The van der Waals surface area contributed by atoms with E-state index in [9.17, 15) is 9.59 Å². The lowest BCUT2D eigenvalue weighted by molar-refractivity contribution is -0.159. The van der Waals surface area contributed by atoms with E-state index in [2.05, 4.69) is 0 Å². The van der Waals surface area contributed by atoms with Gasteiger partial charge in [0, 0.05) is 6.54 Å². The van der Waals surface area contributed by atoms with Crippen LogP contribution < -0.4 is 4.74 Å². The summed E-state index contributed by atoms with van der Waals surface area (Å²) in [6.07, 6.45) is -0.988. The van der Waals surface area contributed by atoms with Crippen molar-refractivity contribution in [2.75, 3.05) is 26.3 Å². The molecule has 7 nitrogen and oxygen atoms in total. The maximum absolute atomic E-state index is 12.0. The number of nitrogens with zero attached hydrogens (tertiary/aromatic N) is 2. The first-order valence-corrected chi connectivity index (χ1v) is 6.35. The second kappa shape index (κ2) is 6.72. The Kier molecular flexibility index (Phi) is 4.74. The number of rotatable bonds is 4. The molecule has 0 radical (unpaired) electrons. The van der Waals surface area contributed by atoms with Gasteiger partial charge in [0.1, 0.15) is 5.75 Å². The monoisotopic (exact) mass is 290 g/mol. The normalized spacial score (nSPS) is 17.9. The van der Waals surface area contributed by atoms with Gasteiger partial charge in [0.2, 0.25) is 0 Å². The van der Waals surface area contributed by atoms with Crippen LogP contribution in [-0.4, -0.2) is 54.3 Å². The Morgan fingerprint density at radius 2 is 2.14 bits per heavy atom. The number of carbonyl (C=O) groups excluding carboxylic acids is 1. The van der Waals surface area contributed by atoms with Crippen molar-refractivity contribution in [1.29, 1.82) is 5.26 Å². The van der Waals surface area contributed by atoms with E-state index in [-0.39, 0.29) is 25.7 Å². The largest absolute Gasteiger partial charge is 0.484 e. The van der Waals surface area contributed by atoms with Gasteiger partial charge < -0.3 is 19.5 Å². The molecule has 1 atom stereocenters. The summed E-state index contributed by atoms with van der Waals surface area (Å²) >= 11 is 0. The first-order valence-electron chi connectivity index (χ1n) is 6.35. The molecule has 110 valence electrons. The van der Waals surface area contributed by atoms with Gasteiger partial charge in [0.15, 0.2) is 12.7 Å². The predicted octanol–water partition coefficient (Wildman–Crippen LogP) is 0.249. The summed E-state index contributed by atoms with van der Waals surface area (Å²) in [6.45, 7) is 0.377. The molecule has 0 saturated carbocycles. The number of hydrogen-bond acceptors (Lipinski definition) is 5. The average Bonchev–Trinajstić information content (AvgIpc) is 2.53. The predicted molar refractivity (Wildman–Crippen MR) is 70.6 cm³/mol. The Morgan fingerprint density at radius 1 is 1.43 bits per heavy atom. The van der Waals surface area contributed by atoms with Gasteiger partial charge in [-0.15, -0.1) is 0 Å². The van der Waals surface area contributed by atoms with Crippen molar-refractivity contribution >= 4 is 11.9 Å². The zero-order valence-electron chi connectivity index (χ0n) is 11.2. The number of carbonyl (C=O) groups is 2. The van der Waals surface area contributed by atoms with E-state index < -0.39 is 12.1 Å². The molecule has 1 N–H and O–H groups in total. The van der Waals surface area contributed by atoms with Gasteiger partial charge in [-0.3, -0.25) is 4.79 Å². The molecule has 1 aromatic carbocycles. The Balaban J connectivity index is 1.86. The van der Waals surface area contributed by atoms with E-state index >= 15 is 0 Å². The van der Waals surface area contributed by atoms with Crippen molar-refractivity contribution in [2.45, 2.75) is 6.10 Å². The molecular formula is C14H14N2O5. The molecular weight excluding hydrogens is 276 g/mol. The topological polar surface area (TPSA) is 99.9 Å². The number of aliphatic carboxylic acids is 1. The molecule has 1 aromatic rings. The van der Waals surface area contributed by atoms with Crippen LogP contribution >= 0.6 is 0 Å². The minimum absolute atomic E-state index is 0.0187. The lowest BCUT2D eigenvalue weighted by atomic mass is 10.2. The maximum atomic E-state index is 12.0. The van der Waals surface area contributed by atoms with Gasteiger partial charge in [0.05, 0.1) is 24.8 Å². The van der Waals surface area contributed by atoms with E-state index in [0.717, 1.165) is 0 Å². The molecule has 0 aliphatic carbocycles. The molecule has 7 heteroatoms. The molecule has 21 heavy (non-hydrogen) atoms. The van der Waals surface area contributed by atoms with Crippen LogP contribution in [-0.2, 0) is 14.3 Å². The third-order valence-corrected chi connectivity index (χ3v) is 3.04. The average molecular weight is 290 g/mol. The van der Waals surface area contributed by atoms with Crippen molar-refractivity contribution in [2.24, 2.45) is 0 Å². The molecule has 1 fully saturated rings. The summed E-state index contributed by atoms with van der Waals surface area (Å²) in [4.78, 5) is 24.2. The maximum Gasteiger partial charge on any atom is 0.334 e. The van der Waals surface area contributed by atoms with Crippen LogP contribution in [0.2, 0.25) is 0 Å². The minimum Gasteiger partial charge on any atom is -0.484 e. The summed E-state index contributed by atoms with van der Waals surface area (Å²) in [6, 6.07) is 8.38. The van der Waals surface area contributed by atoms with Crippen molar-refractivity contribution in [3.8, 4) is 11.8 Å². The fraction of sp³-hybridized carbons (Fsp3) is 0.357. The zero-order chi connectivity index (χ0) is 15.2.